The number of aliphatic hydroxyl groups excluding tert-OH is 1. The molecule has 0 spiro atoms. The van der Waals surface area contributed by atoms with Crippen LogP contribution in [0.5, 0.6) is 5.75 Å². The van der Waals surface area contributed by atoms with E-state index in [1.54, 1.807) is 4.90 Å². The number of aliphatic hydroxyl groups is 1. The average Bonchev–Trinajstić information content (AvgIpc) is 2.62. The summed E-state index contributed by atoms with van der Waals surface area (Å²) in [4.78, 5) is 14.7. The van der Waals surface area contributed by atoms with Gasteiger partial charge in [-0.05, 0) is 25.0 Å². The Hall–Kier alpha value is -2.05. The molecule has 25 heavy (non-hydrogen) atoms. The second-order valence-corrected chi connectivity index (χ2v) is 6.21. The van der Waals surface area contributed by atoms with Crippen LogP contribution >= 0.6 is 0 Å². The van der Waals surface area contributed by atoms with Gasteiger partial charge < -0.3 is 19.5 Å². The molecule has 2 rings (SSSR count). The Morgan fingerprint density at radius 1 is 1.40 bits per heavy atom. The van der Waals surface area contributed by atoms with E-state index >= 15 is 0 Å². The van der Waals surface area contributed by atoms with Crippen LogP contribution < -0.4 is 9.64 Å². The summed E-state index contributed by atoms with van der Waals surface area (Å²) in [5.74, 6) is 0.795. The van der Waals surface area contributed by atoms with Crippen molar-refractivity contribution >= 4 is 6.09 Å². The van der Waals surface area contributed by atoms with Gasteiger partial charge in [-0.15, -0.1) is 6.58 Å². The maximum atomic E-state index is 11.7. The van der Waals surface area contributed by atoms with Gasteiger partial charge in [0.2, 0.25) is 0 Å². The van der Waals surface area contributed by atoms with E-state index in [9.17, 15) is 9.90 Å². The van der Waals surface area contributed by atoms with Crippen molar-refractivity contribution in [2.45, 2.75) is 19.4 Å². The van der Waals surface area contributed by atoms with E-state index in [-0.39, 0.29) is 12.7 Å². The minimum atomic E-state index is -0.541. The molecule has 1 unspecified atom stereocenters. The number of carbonyl (C=O) groups excluding carboxylic acids is 1. The molecule has 1 amide bonds. The fraction of sp³-hybridized carbons (Fsp3) is 0.526. The Kier molecular flexibility index (Phi) is 7.76. The molecule has 1 saturated heterocycles. The van der Waals surface area contributed by atoms with Crippen molar-refractivity contribution in [2.75, 3.05) is 45.9 Å². The summed E-state index contributed by atoms with van der Waals surface area (Å²) in [6.45, 7) is 9.77. The highest BCUT2D eigenvalue weighted by molar-refractivity contribution is 5.67. The molecule has 1 aromatic carbocycles. The number of nitrogens with zero attached hydrogens (tertiary/aromatic N) is 1. The fourth-order valence-electron chi connectivity index (χ4n) is 2.97. The van der Waals surface area contributed by atoms with Gasteiger partial charge in [0.25, 0.3) is 0 Å². The fourth-order valence-corrected chi connectivity index (χ4v) is 2.97. The molecule has 0 saturated carbocycles. The molecule has 1 aliphatic heterocycles. The number of ether oxygens (including phenoxy) is 2. The van der Waals surface area contributed by atoms with Crippen LogP contribution in [-0.2, 0) is 11.2 Å². The van der Waals surface area contributed by atoms with Crippen molar-refractivity contribution in [1.29, 1.82) is 0 Å². The molecular formula is C19H29N2O4+. The minimum absolute atomic E-state index is 0.246. The van der Waals surface area contributed by atoms with Gasteiger partial charge in [0.1, 0.15) is 25.0 Å². The molecule has 1 heterocycles. The first-order chi connectivity index (χ1) is 12.1. The third-order valence-corrected chi connectivity index (χ3v) is 4.29. The molecule has 0 radical (unpaired) electrons. The average molecular weight is 349 g/mol. The minimum Gasteiger partial charge on any atom is -0.490 e. The predicted molar refractivity (Wildman–Crippen MR) is 96.0 cm³/mol. The maximum Gasteiger partial charge on any atom is 0.410 e. The number of piperazine rings is 1. The quantitative estimate of drug-likeness (QED) is 0.672. The number of benzene rings is 1. The highest BCUT2D eigenvalue weighted by Crippen LogP contribution is 2.18. The third kappa shape index (κ3) is 6.07. The van der Waals surface area contributed by atoms with E-state index in [4.69, 9.17) is 9.47 Å². The molecule has 138 valence electrons. The van der Waals surface area contributed by atoms with Gasteiger partial charge in [0.15, 0.2) is 0 Å². The van der Waals surface area contributed by atoms with Crippen LogP contribution in [0.3, 0.4) is 0 Å². The topological polar surface area (TPSA) is 63.4 Å². The number of hydrogen-bond acceptors (Lipinski definition) is 4. The zero-order valence-corrected chi connectivity index (χ0v) is 14.9. The molecule has 0 bridgehead atoms. The van der Waals surface area contributed by atoms with Crippen molar-refractivity contribution in [2.24, 2.45) is 0 Å². The van der Waals surface area contributed by atoms with E-state index in [2.05, 4.69) is 6.58 Å². The Morgan fingerprint density at radius 3 is 2.80 bits per heavy atom. The lowest BCUT2D eigenvalue weighted by molar-refractivity contribution is -0.907. The van der Waals surface area contributed by atoms with Gasteiger partial charge >= 0.3 is 6.09 Å². The number of nitrogens with one attached hydrogen (secondary N) is 1. The maximum absolute atomic E-state index is 11.7. The van der Waals surface area contributed by atoms with E-state index in [0.29, 0.717) is 26.2 Å². The van der Waals surface area contributed by atoms with E-state index in [1.807, 2.05) is 37.3 Å². The summed E-state index contributed by atoms with van der Waals surface area (Å²) >= 11 is 0. The molecular weight excluding hydrogens is 320 g/mol. The van der Waals surface area contributed by atoms with Crippen LogP contribution in [0.2, 0.25) is 0 Å². The molecule has 6 nitrogen and oxygen atoms in total. The molecule has 1 aromatic rings. The largest absolute Gasteiger partial charge is 0.490 e. The number of rotatable bonds is 8. The molecule has 0 aliphatic carbocycles. The van der Waals surface area contributed by atoms with Crippen molar-refractivity contribution in [1.82, 2.24) is 4.90 Å². The van der Waals surface area contributed by atoms with Crippen LogP contribution in [0, 0.1) is 0 Å². The summed E-state index contributed by atoms with van der Waals surface area (Å²) in [5, 5.41) is 10.3. The number of para-hydroxylation sites is 1. The normalized spacial score (nSPS) is 16.3. The summed E-state index contributed by atoms with van der Waals surface area (Å²) < 4.78 is 10.8. The second-order valence-electron chi connectivity index (χ2n) is 6.21. The van der Waals surface area contributed by atoms with Crippen molar-refractivity contribution in [3.63, 3.8) is 0 Å². The van der Waals surface area contributed by atoms with Gasteiger partial charge in [0.05, 0.1) is 32.8 Å². The SMILES string of the molecule is C=CCc1ccccc1OCC(O)C[NH+]1CCN(C(=O)OCC)CC1. The second kappa shape index (κ2) is 10.1. The molecule has 1 atom stereocenters. The first-order valence-electron chi connectivity index (χ1n) is 8.89. The van der Waals surface area contributed by atoms with Gasteiger partial charge in [0, 0.05) is 0 Å². The Balaban J connectivity index is 1.74. The van der Waals surface area contributed by atoms with Crippen LogP contribution in [0.4, 0.5) is 4.79 Å². The molecule has 2 N–H and O–H groups in total. The number of allylic oxidation sites excluding steroid dienone is 1. The lowest BCUT2D eigenvalue weighted by Crippen LogP contribution is -3.16. The molecule has 0 aromatic heterocycles. The van der Waals surface area contributed by atoms with Crippen molar-refractivity contribution in [3.8, 4) is 5.75 Å². The lowest BCUT2D eigenvalue weighted by atomic mass is 10.1. The van der Waals surface area contributed by atoms with Crippen molar-refractivity contribution < 1.29 is 24.3 Å². The predicted octanol–water partition coefficient (Wildman–Crippen LogP) is 0.512. The number of hydrogen-bond donors (Lipinski definition) is 2. The zero-order chi connectivity index (χ0) is 18.1. The smallest absolute Gasteiger partial charge is 0.410 e. The monoisotopic (exact) mass is 349 g/mol. The lowest BCUT2D eigenvalue weighted by Gasteiger charge is -2.32. The Labute approximate surface area is 149 Å². The van der Waals surface area contributed by atoms with E-state index in [0.717, 1.165) is 30.8 Å². The highest BCUT2D eigenvalue weighted by atomic mass is 16.6. The standard InChI is InChI=1S/C19H28N2O4/c1-3-7-16-8-5-6-9-18(16)25-15-17(22)14-20-10-12-21(13-11-20)19(23)24-4-2/h3,5-6,8-9,17,22H,1,4,7,10-15H2,2H3/p+1. The van der Waals surface area contributed by atoms with Gasteiger partial charge in [-0.3, -0.25) is 4.90 Å². The van der Waals surface area contributed by atoms with Crippen LogP contribution in [0.15, 0.2) is 36.9 Å². The van der Waals surface area contributed by atoms with Crippen molar-refractivity contribution in [3.05, 3.63) is 42.5 Å². The summed E-state index contributed by atoms with van der Waals surface area (Å²) in [7, 11) is 0. The van der Waals surface area contributed by atoms with Gasteiger partial charge in [-0.2, -0.15) is 0 Å². The first kappa shape index (κ1) is 19.3. The molecule has 1 aliphatic rings. The number of amides is 1. The first-order valence-corrected chi connectivity index (χ1v) is 8.89. The van der Waals surface area contributed by atoms with Crippen LogP contribution in [0.1, 0.15) is 12.5 Å². The Morgan fingerprint density at radius 2 is 2.12 bits per heavy atom. The number of quaternary nitrogens is 1. The molecule has 6 heteroatoms. The van der Waals surface area contributed by atoms with E-state index < -0.39 is 6.10 Å². The Bertz CT molecular complexity index is 556. The summed E-state index contributed by atoms with van der Waals surface area (Å²) in [6, 6.07) is 7.81. The van der Waals surface area contributed by atoms with Gasteiger partial charge in [-0.1, -0.05) is 24.3 Å². The summed E-state index contributed by atoms with van der Waals surface area (Å²) in [6.07, 6.45) is 1.80. The van der Waals surface area contributed by atoms with E-state index in [1.165, 1.54) is 4.90 Å². The van der Waals surface area contributed by atoms with Gasteiger partial charge in [-0.25, -0.2) is 4.79 Å². The highest BCUT2D eigenvalue weighted by Gasteiger charge is 2.26. The number of carbonyl (C=O) groups is 1. The van der Waals surface area contributed by atoms with Crippen LogP contribution in [-0.4, -0.2) is 68.1 Å². The zero-order valence-electron chi connectivity index (χ0n) is 14.9. The third-order valence-electron chi connectivity index (χ3n) is 4.29. The molecule has 1 fully saturated rings. The summed E-state index contributed by atoms with van der Waals surface area (Å²) in [5.41, 5.74) is 1.07. The van der Waals surface area contributed by atoms with Crippen LogP contribution in [0.25, 0.3) is 0 Å².